The average molecular weight is 306 g/mol. The number of esters is 1. The zero-order valence-electron chi connectivity index (χ0n) is 12.6. The summed E-state index contributed by atoms with van der Waals surface area (Å²) in [7, 11) is 0. The smallest absolute Gasteiger partial charge is 0.338 e. The number of benzene rings is 1. The van der Waals surface area contributed by atoms with Crippen molar-refractivity contribution in [2.75, 3.05) is 25.0 Å². The Bertz CT molecular complexity index is 502. The Balaban J connectivity index is 1.93. The lowest BCUT2D eigenvalue weighted by atomic mass is 10.0. The minimum absolute atomic E-state index is 0.295. The summed E-state index contributed by atoms with van der Waals surface area (Å²) in [6.07, 6.45) is 2.46. The maximum atomic E-state index is 11.6. The minimum Gasteiger partial charge on any atom is -0.462 e. The highest BCUT2D eigenvalue weighted by atomic mass is 32.1. The molecule has 1 aliphatic rings. The van der Waals surface area contributed by atoms with Gasteiger partial charge in [-0.05, 0) is 62.2 Å². The Morgan fingerprint density at radius 1 is 1.43 bits per heavy atom. The minimum atomic E-state index is -0.295. The van der Waals surface area contributed by atoms with Crippen molar-refractivity contribution in [3.8, 4) is 0 Å². The van der Waals surface area contributed by atoms with Crippen LogP contribution in [-0.2, 0) is 4.74 Å². The first kappa shape index (κ1) is 15.8. The first-order valence-corrected chi connectivity index (χ1v) is 7.84. The van der Waals surface area contributed by atoms with Crippen molar-refractivity contribution < 1.29 is 9.53 Å². The number of rotatable bonds is 3. The van der Waals surface area contributed by atoms with E-state index in [1.54, 1.807) is 19.1 Å². The van der Waals surface area contributed by atoms with Crippen LogP contribution in [0.1, 0.15) is 37.0 Å². The lowest BCUT2D eigenvalue weighted by Crippen LogP contribution is -2.41. The van der Waals surface area contributed by atoms with Crippen LogP contribution in [-0.4, -0.2) is 35.7 Å². The van der Waals surface area contributed by atoms with E-state index >= 15 is 0 Å². The number of nitrogens with zero attached hydrogens (tertiary/aromatic N) is 1. The fraction of sp³-hybridized carbons (Fsp3) is 0.500. The fourth-order valence-corrected chi connectivity index (χ4v) is 2.76. The Morgan fingerprint density at radius 2 is 2.14 bits per heavy atom. The molecule has 1 N–H and O–H groups in total. The fourth-order valence-electron chi connectivity index (χ4n) is 2.48. The van der Waals surface area contributed by atoms with Gasteiger partial charge in [-0.15, -0.1) is 0 Å². The van der Waals surface area contributed by atoms with Crippen LogP contribution in [0.2, 0.25) is 0 Å². The SMILES string of the molecule is CCOC(=O)c1ccc(NC(=S)N2CCC[C@@H](C)C2)cc1. The number of hydrogen-bond acceptors (Lipinski definition) is 3. The van der Waals surface area contributed by atoms with Crippen molar-refractivity contribution in [2.45, 2.75) is 26.7 Å². The number of piperidine rings is 1. The number of thiocarbonyl (C=S) groups is 1. The van der Waals surface area contributed by atoms with Crippen LogP contribution in [0.3, 0.4) is 0 Å². The molecule has 0 aliphatic carbocycles. The highest BCUT2D eigenvalue weighted by molar-refractivity contribution is 7.80. The van der Waals surface area contributed by atoms with E-state index in [9.17, 15) is 4.79 Å². The number of anilines is 1. The van der Waals surface area contributed by atoms with Gasteiger partial charge in [0.1, 0.15) is 0 Å². The van der Waals surface area contributed by atoms with Crippen molar-refractivity contribution >= 4 is 29.0 Å². The number of ether oxygens (including phenoxy) is 1. The summed E-state index contributed by atoms with van der Waals surface area (Å²) in [5, 5.41) is 3.99. The van der Waals surface area contributed by atoms with Crippen molar-refractivity contribution in [3.05, 3.63) is 29.8 Å². The predicted octanol–water partition coefficient (Wildman–Crippen LogP) is 3.29. The van der Waals surface area contributed by atoms with Gasteiger partial charge in [0, 0.05) is 18.8 Å². The molecule has 2 rings (SSSR count). The summed E-state index contributed by atoms with van der Waals surface area (Å²) >= 11 is 5.46. The Kier molecular flexibility index (Phi) is 5.56. The summed E-state index contributed by atoms with van der Waals surface area (Å²) < 4.78 is 4.96. The van der Waals surface area contributed by atoms with Gasteiger partial charge >= 0.3 is 5.97 Å². The molecule has 1 fully saturated rings. The standard InChI is InChI=1S/C16H22N2O2S/c1-3-20-15(19)13-6-8-14(9-7-13)17-16(21)18-10-4-5-12(2)11-18/h6-9,12H,3-5,10-11H2,1-2H3,(H,17,21)/t12-/m1/s1. The Morgan fingerprint density at radius 3 is 2.76 bits per heavy atom. The molecule has 5 heteroatoms. The molecule has 0 saturated carbocycles. The van der Waals surface area contributed by atoms with Crippen LogP contribution < -0.4 is 5.32 Å². The van der Waals surface area contributed by atoms with Gasteiger partial charge < -0.3 is 15.0 Å². The number of nitrogens with one attached hydrogen (secondary N) is 1. The largest absolute Gasteiger partial charge is 0.462 e. The quantitative estimate of drug-likeness (QED) is 0.685. The van der Waals surface area contributed by atoms with Gasteiger partial charge in [0.25, 0.3) is 0 Å². The molecular formula is C16H22N2O2S. The number of carbonyl (C=O) groups excluding carboxylic acids is 1. The topological polar surface area (TPSA) is 41.6 Å². The second-order valence-corrected chi connectivity index (χ2v) is 5.81. The molecule has 0 amide bonds. The van der Waals surface area contributed by atoms with E-state index in [1.165, 1.54) is 12.8 Å². The molecule has 1 saturated heterocycles. The monoisotopic (exact) mass is 306 g/mol. The second kappa shape index (κ2) is 7.41. The molecule has 114 valence electrons. The van der Waals surface area contributed by atoms with Crippen molar-refractivity contribution in [3.63, 3.8) is 0 Å². The van der Waals surface area contributed by atoms with Crippen LogP contribution in [0, 0.1) is 5.92 Å². The Hall–Kier alpha value is -1.62. The van der Waals surface area contributed by atoms with Gasteiger partial charge in [-0.3, -0.25) is 0 Å². The molecule has 1 aromatic rings. The summed E-state index contributed by atoms with van der Waals surface area (Å²) in [6.45, 7) is 6.45. The molecule has 0 aromatic heterocycles. The van der Waals surface area contributed by atoms with E-state index in [1.807, 2.05) is 12.1 Å². The maximum Gasteiger partial charge on any atom is 0.338 e. The van der Waals surface area contributed by atoms with Crippen LogP contribution in [0.4, 0.5) is 5.69 Å². The first-order chi connectivity index (χ1) is 10.1. The van der Waals surface area contributed by atoms with Crippen LogP contribution in [0.25, 0.3) is 0 Å². The third-order valence-corrected chi connectivity index (χ3v) is 3.95. The van der Waals surface area contributed by atoms with E-state index in [-0.39, 0.29) is 5.97 Å². The van der Waals surface area contributed by atoms with Crippen molar-refractivity contribution in [1.29, 1.82) is 0 Å². The first-order valence-electron chi connectivity index (χ1n) is 7.43. The molecule has 0 bridgehead atoms. The number of likely N-dealkylation sites (tertiary alicyclic amines) is 1. The van der Waals surface area contributed by atoms with Crippen LogP contribution >= 0.6 is 12.2 Å². The van der Waals surface area contributed by atoms with Crippen LogP contribution in [0.5, 0.6) is 0 Å². The van der Waals surface area contributed by atoms with Crippen molar-refractivity contribution in [2.24, 2.45) is 5.92 Å². The molecule has 0 unspecified atom stereocenters. The van der Waals surface area contributed by atoms with Gasteiger partial charge in [-0.25, -0.2) is 4.79 Å². The zero-order valence-corrected chi connectivity index (χ0v) is 13.4. The molecule has 1 aromatic carbocycles. The normalized spacial score (nSPS) is 18.2. The summed E-state index contributed by atoms with van der Waals surface area (Å²) in [4.78, 5) is 13.8. The van der Waals surface area contributed by atoms with Gasteiger partial charge in [0.2, 0.25) is 0 Å². The van der Waals surface area contributed by atoms with E-state index in [0.29, 0.717) is 18.1 Å². The molecule has 0 radical (unpaired) electrons. The molecular weight excluding hydrogens is 284 g/mol. The number of carbonyl (C=O) groups is 1. The Labute approximate surface area is 131 Å². The van der Waals surface area contributed by atoms with Gasteiger partial charge in [-0.1, -0.05) is 6.92 Å². The highest BCUT2D eigenvalue weighted by Crippen LogP contribution is 2.17. The summed E-state index contributed by atoms with van der Waals surface area (Å²) in [6, 6.07) is 7.21. The van der Waals surface area contributed by atoms with Crippen LogP contribution in [0.15, 0.2) is 24.3 Å². The molecule has 1 heterocycles. The van der Waals surface area contributed by atoms with E-state index in [0.717, 1.165) is 23.9 Å². The summed E-state index contributed by atoms with van der Waals surface area (Å²) in [5.41, 5.74) is 1.45. The highest BCUT2D eigenvalue weighted by Gasteiger charge is 2.18. The van der Waals surface area contributed by atoms with E-state index < -0.39 is 0 Å². The van der Waals surface area contributed by atoms with Gasteiger partial charge in [0.05, 0.1) is 12.2 Å². The molecule has 1 aliphatic heterocycles. The summed E-state index contributed by atoms with van der Waals surface area (Å²) in [5.74, 6) is 0.390. The second-order valence-electron chi connectivity index (χ2n) is 5.42. The predicted molar refractivity (Wildman–Crippen MR) is 88.6 cm³/mol. The average Bonchev–Trinajstić information content (AvgIpc) is 2.48. The molecule has 0 spiro atoms. The van der Waals surface area contributed by atoms with E-state index in [2.05, 4.69) is 17.1 Å². The zero-order chi connectivity index (χ0) is 15.2. The maximum absolute atomic E-state index is 11.6. The number of hydrogen-bond donors (Lipinski definition) is 1. The van der Waals surface area contributed by atoms with Crippen molar-refractivity contribution in [1.82, 2.24) is 4.90 Å². The van der Waals surface area contributed by atoms with Gasteiger partial charge in [0.15, 0.2) is 5.11 Å². The lowest BCUT2D eigenvalue weighted by Gasteiger charge is -2.33. The van der Waals surface area contributed by atoms with E-state index in [4.69, 9.17) is 17.0 Å². The van der Waals surface area contributed by atoms with Gasteiger partial charge in [-0.2, -0.15) is 0 Å². The molecule has 21 heavy (non-hydrogen) atoms. The third kappa shape index (κ3) is 4.43. The third-order valence-electron chi connectivity index (χ3n) is 3.59. The lowest BCUT2D eigenvalue weighted by molar-refractivity contribution is 0.0526. The molecule has 1 atom stereocenters. The molecule has 4 nitrogen and oxygen atoms in total.